The zero-order valence-corrected chi connectivity index (χ0v) is 15.3. The smallest absolute Gasteiger partial charge is 0.343 e. The van der Waals surface area contributed by atoms with Crippen LogP contribution in [0.2, 0.25) is 0 Å². The number of benzene rings is 1. The Hall–Kier alpha value is -3.48. The van der Waals surface area contributed by atoms with Gasteiger partial charge in [-0.2, -0.15) is 18.3 Å². The van der Waals surface area contributed by atoms with E-state index in [4.69, 9.17) is 0 Å². The van der Waals surface area contributed by atoms with Crippen molar-refractivity contribution in [2.75, 3.05) is 11.3 Å². The molecule has 29 heavy (non-hydrogen) atoms. The molecule has 3 rings (SSSR count). The minimum Gasteiger partial charge on any atom is -0.343 e. The van der Waals surface area contributed by atoms with Crippen molar-refractivity contribution in [3.05, 3.63) is 60.8 Å². The first kappa shape index (κ1) is 20.3. The zero-order valence-electron chi connectivity index (χ0n) is 14.5. The standard InChI is InChI=1S/C16H13F3N6O3S/c17-16(18,19)8-22-15(26)11-2-1-3-13(6-11)29(27,28)24-12-4-5-14(21-7-12)25-10-20-9-23-25/h1-7,9-10,24H,8H2,(H,22,26). The normalized spacial score (nSPS) is 11.8. The second kappa shape index (κ2) is 7.87. The first-order valence-corrected chi connectivity index (χ1v) is 9.41. The van der Waals surface area contributed by atoms with Crippen LogP contribution in [0.15, 0.2) is 60.1 Å². The predicted octanol–water partition coefficient (Wildman–Crippen LogP) is 1.76. The largest absolute Gasteiger partial charge is 0.405 e. The Balaban J connectivity index is 1.75. The third kappa shape index (κ3) is 5.28. The van der Waals surface area contributed by atoms with E-state index in [-0.39, 0.29) is 16.1 Å². The van der Waals surface area contributed by atoms with Gasteiger partial charge in [-0.15, -0.1) is 0 Å². The maximum absolute atomic E-state index is 12.5. The highest BCUT2D eigenvalue weighted by atomic mass is 32.2. The van der Waals surface area contributed by atoms with Gasteiger partial charge < -0.3 is 5.32 Å². The fourth-order valence-corrected chi connectivity index (χ4v) is 3.30. The van der Waals surface area contributed by atoms with E-state index in [0.717, 1.165) is 6.07 Å². The molecule has 0 radical (unpaired) electrons. The molecule has 0 aliphatic carbocycles. The van der Waals surface area contributed by atoms with Crippen LogP contribution in [0, 0.1) is 0 Å². The average Bonchev–Trinajstić information content (AvgIpc) is 3.21. The Kier molecular flexibility index (Phi) is 5.50. The molecule has 0 saturated heterocycles. The molecule has 2 aromatic heterocycles. The summed E-state index contributed by atoms with van der Waals surface area (Å²) < 4.78 is 65.4. The number of halogens is 3. The quantitative estimate of drug-likeness (QED) is 0.620. The van der Waals surface area contributed by atoms with Crippen molar-refractivity contribution in [3.8, 4) is 5.82 Å². The lowest BCUT2D eigenvalue weighted by atomic mass is 10.2. The first-order valence-electron chi connectivity index (χ1n) is 7.93. The van der Waals surface area contributed by atoms with Gasteiger partial charge in [-0.05, 0) is 30.3 Å². The van der Waals surface area contributed by atoms with Gasteiger partial charge in [-0.1, -0.05) is 6.07 Å². The van der Waals surface area contributed by atoms with Crippen LogP contribution in [0.1, 0.15) is 10.4 Å². The van der Waals surface area contributed by atoms with Crippen LogP contribution in [0.4, 0.5) is 18.9 Å². The summed E-state index contributed by atoms with van der Waals surface area (Å²) in [6.07, 6.45) is -0.585. The number of hydrogen-bond acceptors (Lipinski definition) is 6. The van der Waals surface area contributed by atoms with Crippen molar-refractivity contribution in [1.29, 1.82) is 0 Å². The molecule has 0 spiro atoms. The van der Waals surface area contributed by atoms with Gasteiger partial charge in [0, 0.05) is 5.56 Å². The molecular weight excluding hydrogens is 413 g/mol. The van der Waals surface area contributed by atoms with E-state index in [2.05, 4.69) is 19.8 Å². The van der Waals surface area contributed by atoms with E-state index in [9.17, 15) is 26.4 Å². The van der Waals surface area contributed by atoms with E-state index in [1.54, 1.807) is 5.32 Å². The van der Waals surface area contributed by atoms with E-state index in [1.165, 1.54) is 53.9 Å². The topological polar surface area (TPSA) is 119 Å². The van der Waals surface area contributed by atoms with Crippen LogP contribution in [0.25, 0.3) is 5.82 Å². The average molecular weight is 426 g/mol. The highest BCUT2D eigenvalue weighted by Crippen LogP contribution is 2.18. The highest BCUT2D eigenvalue weighted by molar-refractivity contribution is 7.92. The maximum Gasteiger partial charge on any atom is 0.405 e. The number of alkyl halides is 3. The van der Waals surface area contributed by atoms with Gasteiger partial charge in [0.25, 0.3) is 15.9 Å². The van der Waals surface area contributed by atoms with E-state index >= 15 is 0 Å². The summed E-state index contributed by atoms with van der Waals surface area (Å²) in [7, 11) is -4.11. The van der Waals surface area contributed by atoms with Crippen molar-refractivity contribution in [3.63, 3.8) is 0 Å². The number of nitrogens with zero attached hydrogens (tertiary/aromatic N) is 4. The summed E-state index contributed by atoms with van der Waals surface area (Å²) in [5, 5.41) is 5.58. The van der Waals surface area contributed by atoms with Gasteiger partial charge in [0.2, 0.25) is 0 Å². The SMILES string of the molecule is O=C(NCC(F)(F)F)c1cccc(S(=O)(=O)Nc2ccc(-n3cncn3)nc2)c1. The summed E-state index contributed by atoms with van der Waals surface area (Å²) in [6.45, 7) is -1.52. The molecule has 0 atom stereocenters. The zero-order chi connectivity index (χ0) is 21.1. The molecule has 3 aromatic rings. The lowest BCUT2D eigenvalue weighted by Crippen LogP contribution is -2.33. The van der Waals surface area contributed by atoms with Crippen LogP contribution in [0.3, 0.4) is 0 Å². The lowest BCUT2D eigenvalue weighted by Gasteiger charge is -2.11. The second-order valence-corrected chi connectivity index (χ2v) is 7.36. The number of pyridine rings is 1. The third-order valence-corrected chi connectivity index (χ3v) is 4.89. The first-order chi connectivity index (χ1) is 13.6. The Morgan fingerprint density at radius 2 is 1.97 bits per heavy atom. The highest BCUT2D eigenvalue weighted by Gasteiger charge is 2.28. The molecule has 0 bridgehead atoms. The molecule has 9 nitrogen and oxygen atoms in total. The molecule has 1 aromatic carbocycles. The minimum absolute atomic E-state index is 0.140. The van der Waals surface area contributed by atoms with Crippen molar-refractivity contribution in [2.45, 2.75) is 11.1 Å². The molecule has 152 valence electrons. The summed E-state index contributed by atoms with van der Waals surface area (Å²) in [5.74, 6) is -0.632. The lowest BCUT2D eigenvalue weighted by molar-refractivity contribution is -0.123. The van der Waals surface area contributed by atoms with Crippen molar-refractivity contribution in [2.24, 2.45) is 0 Å². The van der Waals surface area contributed by atoms with Gasteiger partial charge in [-0.25, -0.2) is 23.1 Å². The van der Waals surface area contributed by atoms with E-state index in [1.807, 2.05) is 0 Å². The number of carbonyl (C=O) groups is 1. The molecule has 13 heteroatoms. The molecule has 0 saturated carbocycles. The Morgan fingerprint density at radius 3 is 2.59 bits per heavy atom. The molecular formula is C16H13F3N6O3S. The number of rotatable bonds is 6. The van der Waals surface area contributed by atoms with Gasteiger partial charge in [-0.3, -0.25) is 9.52 Å². The van der Waals surface area contributed by atoms with Crippen LogP contribution < -0.4 is 10.0 Å². The van der Waals surface area contributed by atoms with E-state index in [0.29, 0.717) is 5.82 Å². The summed E-state index contributed by atoms with van der Waals surface area (Å²) >= 11 is 0. The Bertz CT molecular complexity index is 1100. The van der Waals surface area contributed by atoms with Crippen LogP contribution in [-0.2, 0) is 10.0 Å². The monoisotopic (exact) mass is 426 g/mol. The number of nitrogens with one attached hydrogen (secondary N) is 2. The molecule has 2 heterocycles. The summed E-state index contributed by atoms with van der Waals surface area (Å²) in [4.78, 5) is 19.4. The van der Waals surface area contributed by atoms with Crippen molar-refractivity contribution in [1.82, 2.24) is 25.1 Å². The van der Waals surface area contributed by atoms with Crippen molar-refractivity contribution >= 4 is 21.6 Å². The Labute approximate surface area is 162 Å². The second-order valence-electron chi connectivity index (χ2n) is 5.68. The molecule has 0 aliphatic rings. The van der Waals surface area contributed by atoms with Crippen LogP contribution in [-0.4, -0.2) is 46.8 Å². The fourth-order valence-electron chi connectivity index (χ4n) is 2.21. The third-order valence-electron chi connectivity index (χ3n) is 3.51. The maximum atomic E-state index is 12.5. The molecule has 0 fully saturated rings. The number of aromatic nitrogens is 4. The number of amides is 1. The molecule has 2 N–H and O–H groups in total. The van der Waals surface area contributed by atoms with Crippen molar-refractivity contribution < 1.29 is 26.4 Å². The van der Waals surface area contributed by atoms with Gasteiger partial charge in [0.1, 0.15) is 19.2 Å². The summed E-state index contributed by atoms with van der Waals surface area (Å²) in [5.41, 5.74) is -0.0856. The molecule has 0 unspecified atom stereocenters. The van der Waals surface area contributed by atoms with Crippen LogP contribution in [0.5, 0.6) is 0 Å². The minimum atomic E-state index is -4.58. The van der Waals surface area contributed by atoms with Gasteiger partial charge in [0.05, 0.1) is 16.8 Å². The summed E-state index contributed by atoms with van der Waals surface area (Å²) in [6, 6.07) is 7.60. The van der Waals surface area contributed by atoms with E-state index < -0.39 is 28.7 Å². The van der Waals surface area contributed by atoms with Crippen LogP contribution >= 0.6 is 0 Å². The number of sulfonamides is 1. The van der Waals surface area contributed by atoms with Gasteiger partial charge >= 0.3 is 6.18 Å². The van der Waals surface area contributed by atoms with Gasteiger partial charge in [0.15, 0.2) is 5.82 Å². The molecule has 1 amide bonds. The molecule has 0 aliphatic heterocycles. The number of hydrogen-bond donors (Lipinski definition) is 2. The number of anilines is 1. The Morgan fingerprint density at radius 1 is 1.17 bits per heavy atom. The predicted molar refractivity (Wildman–Crippen MR) is 94.8 cm³/mol. The number of carbonyl (C=O) groups excluding carboxylic acids is 1. The fraction of sp³-hybridized carbons (Fsp3) is 0.125.